The van der Waals surface area contributed by atoms with Gasteiger partial charge in [0.2, 0.25) is 0 Å². The van der Waals surface area contributed by atoms with Crippen LogP contribution in [-0.2, 0) is 11.3 Å². The topological polar surface area (TPSA) is 62.6 Å². The maximum atomic E-state index is 12.3. The summed E-state index contributed by atoms with van der Waals surface area (Å²) in [6, 6.07) is 14.4. The molecule has 0 fully saturated rings. The first-order valence-corrected chi connectivity index (χ1v) is 8.39. The van der Waals surface area contributed by atoms with Gasteiger partial charge in [0.25, 0.3) is 0 Å². The molecule has 0 atom stereocenters. The molecular weight excluding hydrogens is 344 g/mol. The van der Waals surface area contributed by atoms with Gasteiger partial charge >= 0.3 is 5.97 Å². The first-order valence-electron chi connectivity index (χ1n) is 8.39. The van der Waals surface area contributed by atoms with Gasteiger partial charge in [0.15, 0.2) is 11.5 Å². The molecule has 138 valence electrons. The fourth-order valence-corrected chi connectivity index (χ4v) is 2.46. The summed E-state index contributed by atoms with van der Waals surface area (Å²) in [5.41, 5.74) is 2.22. The minimum atomic E-state index is -0.431. The zero-order valence-corrected chi connectivity index (χ0v) is 15.0. The highest BCUT2D eigenvalue weighted by molar-refractivity contribution is 5.90. The molecule has 0 aliphatic carbocycles. The van der Waals surface area contributed by atoms with E-state index >= 15 is 0 Å². The molecule has 0 amide bonds. The zero-order valence-electron chi connectivity index (χ0n) is 15.0. The molecule has 0 bridgehead atoms. The monoisotopic (exact) mass is 364 g/mol. The molecule has 3 rings (SSSR count). The first-order chi connectivity index (χ1) is 13.2. The molecule has 0 radical (unpaired) electrons. The number of esters is 1. The van der Waals surface area contributed by atoms with E-state index in [2.05, 4.69) is 11.7 Å². The summed E-state index contributed by atoms with van der Waals surface area (Å²) in [5.74, 6) is 0.581. The SMILES string of the molecule is C=CCOc1ccc(C(=O)OCc2ccc(-n3cccn3)cc2)cc1OC. The molecule has 27 heavy (non-hydrogen) atoms. The van der Waals surface area contributed by atoms with Crippen molar-refractivity contribution in [3.8, 4) is 17.2 Å². The molecule has 0 N–H and O–H groups in total. The van der Waals surface area contributed by atoms with Crippen LogP contribution in [0.4, 0.5) is 0 Å². The number of hydrogen-bond acceptors (Lipinski definition) is 5. The molecule has 6 nitrogen and oxygen atoms in total. The average molecular weight is 364 g/mol. The number of rotatable bonds is 8. The van der Waals surface area contributed by atoms with Crippen LogP contribution in [0.3, 0.4) is 0 Å². The Kier molecular flexibility index (Phi) is 5.89. The van der Waals surface area contributed by atoms with Crippen LogP contribution in [0.1, 0.15) is 15.9 Å². The van der Waals surface area contributed by atoms with Crippen LogP contribution >= 0.6 is 0 Å². The summed E-state index contributed by atoms with van der Waals surface area (Å²) in [5, 5.41) is 4.18. The standard InChI is InChI=1S/C21H20N2O4/c1-3-13-26-19-10-7-17(14-20(19)25-2)21(24)27-15-16-5-8-18(9-6-16)23-12-4-11-22-23/h3-12,14H,1,13,15H2,2H3. The van der Waals surface area contributed by atoms with Gasteiger partial charge in [0.05, 0.1) is 18.4 Å². The lowest BCUT2D eigenvalue weighted by molar-refractivity contribution is 0.0472. The smallest absolute Gasteiger partial charge is 0.338 e. The van der Waals surface area contributed by atoms with Gasteiger partial charge in [0, 0.05) is 12.4 Å². The molecule has 0 saturated heterocycles. The van der Waals surface area contributed by atoms with Gasteiger partial charge in [-0.3, -0.25) is 0 Å². The van der Waals surface area contributed by atoms with Crippen LogP contribution in [0.2, 0.25) is 0 Å². The molecule has 0 unspecified atom stereocenters. The third kappa shape index (κ3) is 4.55. The molecule has 1 aromatic heterocycles. The number of hydrogen-bond donors (Lipinski definition) is 0. The lowest BCUT2D eigenvalue weighted by atomic mass is 10.2. The molecule has 0 aliphatic rings. The van der Waals surface area contributed by atoms with Crippen molar-refractivity contribution in [2.24, 2.45) is 0 Å². The minimum Gasteiger partial charge on any atom is -0.493 e. The van der Waals surface area contributed by atoms with E-state index in [4.69, 9.17) is 14.2 Å². The van der Waals surface area contributed by atoms with E-state index in [0.717, 1.165) is 11.3 Å². The highest BCUT2D eigenvalue weighted by atomic mass is 16.5. The Hall–Kier alpha value is -3.54. The molecule has 6 heteroatoms. The van der Waals surface area contributed by atoms with Gasteiger partial charge in [-0.05, 0) is 42.0 Å². The normalized spacial score (nSPS) is 10.3. The number of carbonyl (C=O) groups is 1. The van der Waals surface area contributed by atoms with Crippen LogP contribution in [0.25, 0.3) is 5.69 Å². The summed E-state index contributed by atoms with van der Waals surface area (Å²) in [6.07, 6.45) is 5.22. The summed E-state index contributed by atoms with van der Waals surface area (Å²) in [7, 11) is 1.52. The Morgan fingerprint density at radius 3 is 2.67 bits per heavy atom. The van der Waals surface area contributed by atoms with Gasteiger partial charge < -0.3 is 14.2 Å². The number of benzene rings is 2. The molecule has 1 heterocycles. The largest absolute Gasteiger partial charge is 0.493 e. The van der Waals surface area contributed by atoms with Crippen molar-refractivity contribution in [1.29, 1.82) is 0 Å². The van der Waals surface area contributed by atoms with Crippen molar-refractivity contribution in [3.05, 3.63) is 84.7 Å². The number of methoxy groups -OCH3 is 1. The second kappa shape index (κ2) is 8.71. The molecule has 3 aromatic rings. The van der Waals surface area contributed by atoms with Crippen molar-refractivity contribution in [2.45, 2.75) is 6.61 Å². The maximum Gasteiger partial charge on any atom is 0.338 e. The van der Waals surface area contributed by atoms with Crippen molar-refractivity contribution in [3.63, 3.8) is 0 Å². The van der Waals surface area contributed by atoms with Gasteiger partial charge in [-0.1, -0.05) is 24.8 Å². The Morgan fingerprint density at radius 1 is 1.19 bits per heavy atom. The Balaban J connectivity index is 1.62. The van der Waals surface area contributed by atoms with Crippen molar-refractivity contribution in [2.75, 3.05) is 13.7 Å². The van der Waals surface area contributed by atoms with Gasteiger partial charge in [-0.25, -0.2) is 9.48 Å². The summed E-state index contributed by atoms with van der Waals surface area (Å²) >= 11 is 0. The molecule has 0 aliphatic heterocycles. The highest BCUT2D eigenvalue weighted by Gasteiger charge is 2.12. The predicted octanol–water partition coefficient (Wildman–Crippen LogP) is 3.80. The van der Waals surface area contributed by atoms with Crippen molar-refractivity contribution < 1.29 is 19.0 Å². The number of ether oxygens (including phenoxy) is 3. The van der Waals surface area contributed by atoms with Crippen LogP contribution in [0.5, 0.6) is 11.5 Å². The van der Waals surface area contributed by atoms with Crippen LogP contribution in [0.15, 0.2) is 73.6 Å². The van der Waals surface area contributed by atoms with Gasteiger partial charge in [-0.2, -0.15) is 5.10 Å². The van der Waals surface area contributed by atoms with Gasteiger partial charge in [-0.15, -0.1) is 0 Å². The van der Waals surface area contributed by atoms with E-state index in [1.807, 2.05) is 36.5 Å². The van der Waals surface area contributed by atoms with Crippen LogP contribution < -0.4 is 9.47 Å². The van der Waals surface area contributed by atoms with E-state index in [9.17, 15) is 4.79 Å². The quantitative estimate of drug-likeness (QED) is 0.449. The average Bonchev–Trinajstić information content (AvgIpc) is 3.25. The molecular formula is C21H20N2O4. The lowest BCUT2D eigenvalue weighted by Crippen LogP contribution is -2.06. The number of nitrogens with zero attached hydrogens (tertiary/aromatic N) is 2. The van der Waals surface area contributed by atoms with E-state index in [-0.39, 0.29) is 6.61 Å². The third-order valence-electron chi connectivity index (χ3n) is 3.83. The van der Waals surface area contributed by atoms with E-state index < -0.39 is 5.97 Å². The molecule has 2 aromatic carbocycles. The molecule has 0 saturated carbocycles. The Bertz CT molecular complexity index is 902. The fourth-order valence-electron chi connectivity index (χ4n) is 2.46. The zero-order chi connectivity index (χ0) is 19.1. The summed E-state index contributed by atoms with van der Waals surface area (Å²) in [4.78, 5) is 12.3. The lowest BCUT2D eigenvalue weighted by Gasteiger charge is -2.11. The first kappa shape index (κ1) is 18.3. The van der Waals surface area contributed by atoms with E-state index in [1.165, 1.54) is 7.11 Å². The van der Waals surface area contributed by atoms with Crippen LogP contribution in [0, 0.1) is 0 Å². The summed E-state index contributed by atoms with van der Waals surface area (Å²) < 4.78 is 17.9. The Morgan fingerprint density at radius 2 is 2.00 bits per heavy atom. The third-order valence-corrected chi connectivity index (χ3v) is 3.83. The fraction of sp³-hybridized carbons (Fsp3) is 0.143. The Labute approximate surface area is 157 Å². The second-order valence-corrected chi connectivity index (χ2v) is 5.66. The van der Waals surface area contributed by atoms with E-state index in [1.54, 1.807) is 35.2 Å². The van der Waals surface area contributed by atoms with Gasteiger partial charge in [0.1, 0.15) is 13.2 Å². The predicted molar refractivity (Wildman–Crippen MR) is 101 cm³/mol. The minimum absolute atomic E-state index is 0.176. The van der Waals surface area contributed by atoms with Crippen molar-refractivity contribution in [1.82, 2.24) is 9.78 Å². The van der Waals surface area contributed by atoms with E-state index in [0.29, 0.717) is 23.7 Å². The van der Waals surface area contributed by atoms with Crippen LogP contribution in [-0.4, -0.2) is 29.5 Å². The maximum absolute atomic E-state index is 12.3. The van der Waals surface area contributed by atoms with Crippen molar-refractivity contribution >= 4 is 5.97 Å². The highest BCUT2D eigenvalue weighted by Crippen LogP contribution is 2.28. The number of carbonyl (C=O) groups excluding carboxylic acids is 1. The molecule has 0 spiro atoms. The summed E-state index contributed by atoms with van der Waals surface area (Å²) in [6.45, 7) is 4.14. The second-order valence-electron chi connectivity index (χ2n) is 5.66. The number of aromatic nitrogens is 2.